The van der Waals surface area contributed by atoms with Gasteiger partial charge in [0.1, 0.15) is 5.54 Å². The summed E-state index contributed by atoms with van der Waals surface area (Å²) in [5.41, 5.74) is 2.20. The maximum Gasteiger partial charge on any atom is 0.121 e. The molecule has 3 heteroatoms. The van der Waals surface area contributed by atoms with Gasteiger partial charge >= 0.3 is 0 Å². The molecule has 0 aliphatic carbocycles. The molecule has 0 aromatic heterocycles. The lowest BCUT2D eigenvalue weighted by Gasteiger charge is -2.33. The second kappa shape index (κ2) is 5.63. The molecular formula is C16H23N3. The van der Waals surface area contributed by atoms with Gasteiger partial charge in [0.15, 0.2) is 0 Å². The molecule has 1 aromatic rings. The van der Waals surface area contributed by atoms with Crippen LogP contribution in [0.25, 0.3) is 0 Å². The smallest absolute Gasteiger partial charge is 0.121 e. The maximum atomic E-state index is 9.47. The molecule has 0 spiro atoms. The minimum atomic E-state index is -0.484. The zero-order chi connectivity index (χ0) is 13.9. The minimum Gasteiger partial charge on any atom is -0.365 e. The molecule has 0 bridgehead atoms. The number of anilines is 1. The molecule has 2 rings (SSSR count). The van der Waals surface area contributed by atoms with Crippen molar-refractivity contribution in [3.63, 3.8) is 0 Å². The summed E-state index contributed by atoms with van der Waals surface area (Å²) in [6, 6.07) is 11.4. The molecule has 3 nitrogen and oxygen atoms in total. The van der Waals surface area contributed by atoms with E-state index in [1.165, 1.54) is 11.3 Å². The van der Waals surface area contributed by atoms with Crippen LogP contribution in [0.4, 0.5) is 5.69 Å². The van der Waals surface area contributed by atoms with Crippen LogP contribution in [0.15, 0.2) is 24.3 Å². The summed E-state index contributed by atoms with van der Waals surface area (Å²) >= 11 is 0. The average molecular weight is 257 g/mol. The van der Waals surface area contributed by atoms with Crippen molar-refractivity contribution < 1.29 is 0 Å². The third-order valence-electron chi connectivity index (χ3n) is 3.85. The second-order valence-electron chi connectivity index (χ2n) is 5.68. The monoisotopic (exact) mass is 257 g/mol. The van der Waals surface area contributed by atoms with E-state index in [1.807, 2.05) is 6.92 Å². The molecule has 1 aliphatic rings. The van der Waals surface area contributed by atoms with Crippen LogP contribution in [0.1, 0.15) is 32.8 Å². The quantitative estimate of drug-likeness (QED) is 0.881. The van der Waals surface area contributed by atoms with Gasteiger partial charge in [-0.1, -0.05) is 25.1 Å². The first kappa shape index (κ1) is 13.9. The molecule has 1 heterocycles. The van der Waals surface area contributed by atoms with Crippen LogP contribution in [-0.2, 0) is 6.42 Å². The van der Waals surface area contributed by atoms with Crippen LogP contribution in [0, 0.1) is 11.3 Å². The van der Waals surface area contributed by atoms with Gasteiger partial charge in [-0.15, -0.1) is 0 Å². The largest absolute Gasteiger partial charge is 0.365 e. The second-order valence-corrected chi connectivity index (χ2v) is 5.68. The van der Waals surface area contributed by atoms with Crippen molar-refractivity contribution in [3.8, 4) is 6.07 Å². The average Bonchev–Trinajstić information content (AvgIpc) is 2.73. The number of rotatable bonds is 5. The van der Waals surface area contributed by atoms with E-state index >= 15 is 0 Å². The predicted molar refractivity (Wildman–Crippen MR) is 79.3 cm³/mol. The third-order valence-corrected chi connectivity index (χ3v) is 3.85. The highest BCUT2D eigenvalue weighted by atomic mass is 15.2. The van der Waals surface area contributed by atoms with Gasteiger partial charge in [0, 0.05) is 18.3 Å². The lowest BCUT2D eigenvalue weighted by molar-refractivity contribution is 0.432. The summed E-state index contributed by atoms with van der Waals surface area (Å²) in [5, 5.41) is 12.8. The van der Waals surface area contributed by atoms with Crippen LogP contribution in [0.3, 0.4) is 0 Å². The Balaban J connectivity index is 2.16. The maximum absolute atomic E-state index is 9.47. The number of hydrogen-bond acceptors (Lipinski definition) is 3. The Labute approximate surface area is 116 Å². The van der Waals surface area contributed by atoms with E-state index in [1.54, 1.807) is 0 Å². The fourth-order valence-corrected chi connectivity index (χ4v) is 2.74. The van der Waals surface area contributed by atoms with E-state index in [-0.39, 0.29) is 0 Å². The summed E-state index contributed by atoms with van der Waals surface area (Å²) in [5.74, 6) is 0. The van der Waals surface area contributed by atoms with Crippen LogP contribution in [0.5, 0.6) is 0 Å². The van der Waals surface area contributed by atoms with Crippen molar-refractivity contribution >= 4 is 5.69 Å². The van der Waals surface area contributed by atoms with E-state index in [0.717, 1.165) is 25.9 Å². The van der Waals surface area contributed by atoms with Crippen LogP contribution in [0.2, 0.25) is 0 Å². The molecule has 19 heavy (non-hydrogen) atoms. The number of para-hydroxylation sites is 1. The highest BCUT2D eigenvalue weighted by Crippen LogP contribution is 2.32. The summed E-state index contributed by atoms with van der Waals surface area (Å²) < 4.78 is 0. The van der Waals surface area contributed by atoms with Crippen LogP contribution >= 0.6 is 0 Å². The number of hydrogen-bond donors (Lipinski definition) is 1. The highest BCUT2D eigenvalue weighted by molar-refractivity contribution is 5.59. The van der Waals surface area contributed by atoms with Crippen molar-refractivity contribution in [1.82, 2.24) is 5.32 Å². The van der Waals surface area contributed by atoms with Gasteiger partial charge in [-0.3, -0.25) is 5.32 Å². The van der Waals surface area contributed by atoms with E-state index in [2.05, 4.69) is 54.4 Å². The Bertz CT molecular complexity index is 477. The standard InChI is InChI=1S/C16H23N3/c1-4-9-18-16(3,11-17)12-19-13(2)10-14-7-5-6-8-15(14)19/h5-8,13,18H,4,9-10,12H2,1-3H3. The molecule has 0 saturated carbocycles. The number of nitriles is 1. The summed E-state index contributed by atoms with van der Waals surface area (Å²) in [6.07, 6.45) is 2.12. The molecule has 102 valence electrons. The van der Waals surface area contributed by atoms with E-state index < -0.39 is 5.54 Å². The fraction of sp³-hybridized carbons (Fsp3) is 0.562. The lowest BCUT2D eigenvalue weighted by Crippen LogP contribution is -2.52. The molecule has 0 fully saturated rings. The van der Waals surface area contributed by atoms with E-state index in [0.29, 0.717) is 6.04 Å². The number of nitrogens with zero attached hydrogens (tertiary/aromatic N) is 2. The first-order valence-corrected chi connectivity index (χ1v) is 7.10. The first-order valence-electron chi connectivity index (χ1n) is 7.10. The fourth-order valence-electron chi connectivity index (χ4n) is 2.74. The molecule has 1 aliphatic heterocycles. The molecule has 1 N–H and O–H groups in total. The summed E-state index contributed by atoms with van der Waals surface area (Å²) in [4.78, 5) is 2.36. The van der Waals surface area contributed by atoms with Crippen LogP contribution < -0.4 is 10.2 Å². The molecular weight excluding hydrogens is 234 g/mol. The van der Waals surface area contributed by atoms with Gasteiger partial charge in [0.05, 0.1) is 6.07 Å². The zero-order valence-corrected chi connectivity index (χ0v) is 12.1. The molecule has 2 unspecified atom stereocenters. The third kappa shape index (κ3) is 2.90. The number of benzene rings is 1. The van der Waals surface area contributed by atoms with E-state index in [9.17, 15) is 5.26 Å². The Hall–Kier alpha value is -1.53. The van der Waals surface area contributed by atoms with Gasteiger partial charge in [0.25, 0.3) is 0 Å². The summed E-state index contributed by atoms with van der Waals surface area (Å²) in [7, 11) is 0. The van der Waals surface area contributed by atoms with Crippen molar-refractivity contribution in [3.05, 3.63) is 29.8 Å². The van der Waals surface area contributed by atoms with E-state index in [4.69, 9.17) is 0 Å². The lowest BCUT2D eigenvalue weighted by atomic mass is 10.0. The van der Waals surface area contributed by atoms with Crippen molar-refractivity contribution in [1.29, 1.82) is 5.26 Å². The molecule has 0 amide bonds. The number of nitrogens with one attached hydrogen (secondary N) is 1. The van der Waals surface area contributed by atoms with Gasteiger partial charge in [0.2, 0.25) is 0 Å². The van der Waals surface area contributed by atoms with Crippen molar-refractivity contribution in [2.45, 2.75) is 45.2 Å². The Morgan fingerprint density at radius 1 is 1.47 bits per heavy atom. The Kier molecular flexibility index (Phi) is 4.11. The first-order chi connectivity index (χ1) is 9.09. The molecule has 0 radical (unpaired) electrons. The molecule has 0 saturated heterocycles. The van der Waals surface area contributed by atoms with Crippen molar-refractivity contribution in [2.75, 3.05) is 18.0 Å². The van der Waals surface area contributed by atoms with Gasteiger partial charge in [-0.25, -0.2) is 0 Å². The van der Waals surface area contributed by atoms with Gasteiger partial charge < -0.3 is 4.90 Å². The Morgan fingerprint density at radius 3 is 2.89 bits per heavy atom. The predicted octanol–water partition coefficient (Wildman–Crippen LogP) is 2.72. The van der Waals surface area contributed by atoms with Crippen LogP contribution in [-0.4, -0.2) is 24.7 Å². The SMILES string of the molecule is CCCNC(C)(C#N)CN1c2ccccc2CC1C. The normalized spacial score (nSPS) is 20.7. The summed E-state index contributed by atoms with van der Waals surface area (Å²) in [6.45, 7) is 7.97. The van der Waals surface area contributed by atoms with Crippen molar-refractivity contribution in [2.24, 2.45) is 0 Å². The topological polar surface area (TPSA) is 39.1 Å². The van der Waals surface area contributed by atoms with Gasteiger partial charge in [-0.2, -0.15) is 5.26 Å². The highest BCUT2D eigenvalue weighted by Gasteiger charge is 2.32. The molecule has 2 atom stereocenters. The number of fused-ring (bicyclic) bond motifs is 1. The van der Waals surface area contributed by atoms with Gasteiger partial charge in [-0.05, 0) is 44.9 Å². The minimum absolute atomic E-state index is 0.466. The molecule has 1 aromatic carbocycles. The Morgan fingerprint density at radius 2 is 2.21 bits per heavy atom. The zero-order valence-electron chi connectivity index (χ0n) is 12.1.